The second kappa shape index (κ2) is 10.4. The fourth-order valence-electron chi connectivity index (χ4n) is 4.22. The van der Waals surface area contributed by atoms with Gasteiger partial charge >= 0.3 is 5.97 Å². The SMILES string of the molecule is CCCOc1ccc(C2CC(CC(=O)O)c3cc(OC)c(OCCC)cc32)cc1OC. The molecule has 0 bridgehead atoms. The van der Waals surface area contributed by atoms with E-state index in [1.165, 1.54) is 0 Å². The molecule has 2 aromatic rings. The van der Waals surface area contributed by atoms with Crippen molar-refractivity contribution in [3.8, 4) is 23.0 Å². The molecule has 0 amide bonds. The molecule has 0 saturated carbocycles. The summed E-state index contributed by atoms with van der Waals surface area (Å²) in [6.45, 7) is 5.33. The lowest BCUT2D eigenvalue weighted by atomic mass is 9.92. The Labute approximate surface area is 184 Å². The Kier molecular flexibility index (Phi) is 7.66. The normalized spacial score (nSPS) is 17.2. The van der Waals surface area contributed by atoms with Crippen LogP contribution >= 0.6 is 0 Å². The van der Waals surface area contributed by atoms with E-state index < -0.39 is 5.97 Å². The lowest BCUT2D eigenvalue weighted by Crippen LogP contribution is -2.04. The Bertz CT molecular complexity index is 907. The molecule has 6 nitrogen and oxygen atoms in total. The number of carboxylic acids is 1. The topological polar surface area (TPSA) is 74.2 Å². The molecule has 2 aromatic carbocycles. The van der Waals surface area contributed by atoms with Crippen molar-refractivity contribution in [3.05, 3.63) is 47.0 Å². The van der Waals surface area contributed by atoms with E-state index in [-0.39, 0.29) is 18.3 Å². The average Bonchev–Trinajstić information content (AvgIpc) is 3.11. The summed E-state index contributed by atoms with van der Waals surface area (Å²) >= 11 is 0. The lowest BCUT2D eigenvalue weighted by Gasteiger charge is -2.18. The lowest BCUT2D eigenvalue weighted by molar-refractivity contribution is -0.137. The summed E-state index contributed by atoms with van der Waals surface area (Å²) in [6, 6.07) is 9.95. The van der Waals surface area contributed by atoms with Crippen LogP contribution in [0.3, 0.4) is 0 Å². The van der Waals surface area contributed by atoms with Gasteiger partial charge in [-0.25, -0.2) is 0 Å². The van der Waals surface area contributed by atoms with Gasteiger partial charge in [0.05, 0.1) is 33.9 Å². The smallest absolute Gasteiger partial charge is 0.303 e. The Morgan fingerprint density at radius 3 is 2.13 bits per heavy atom. The molecule has 0 aliphatic heterocycles. The second-order valence-electron chi connectivity index (χ2n) is 7.82. The van der Waals surface area contributed by atoms with Crippen LogP contribution in [-0.2, 0) is 4.79 Å². The van der Waals surface area contributed by atoms with Crippen molar-refractivity contribution in [1.29, 1.82) is 0 Å². The number of ether oxygens (including phenoxy) is 4. The first-order valence-corrected chi connectivity index (χ1v) is 10.9. The number of fused-ring (bicyclic) bond motifs is 1. The third-order valence-electron chi connectivity index (χ3n) is 5.64. The van der Waals surface area contributed by atoms with E-state index >= 15 is 0 Å². The predicted octanol–water partition coefficient (Wildman–Crippen LogP) is 5.38. The quantitative estimate of drug-likeness (QED) is 0.518. The first kappa shape index (κ1) is 22.8. The van der Waals surface area contributed by atoms with E-state index in [0.29, 0.717) is 36.9 Å². The number of carboxylic acid groups (broad SMARTS) is 1. The van der Waals surface area contributed by atoms with Crippen molar-refractivity contribution in [2.45, 2.75) is 51.4 Å². The zero-order valence-electron chi connectivity index (χ0n) is 18.8. The van der Waals surface area contributed by atoms with Crippen molar-refractivity contribution < 1.29 is 28.8 Å². The number of aliphatic carboxylic acids is 1. The van der Waals surface area contributed by atoms with Crippen LogP contribution in [0, 0.1) is 0 Å². The molecule has 2 atom stereocenters. The molecule has 0 spiro atoms. The Morgan fingerprint density at radius 1 is 0.903 bits per heavy atom. The summed E-state index contributed by atoms with van der Waals surface area (Å²) in [5.41, 5.74) is 3.17. The zero-order valence-corrected chi connectivity index (χ0v) is 18.8. The third kappa shape index (κ3) is 5.06. The monoisotopic (exact) mass is 428 g/mol. The van der Waals surface area contributed by atoms with Gasteiger partial charge in [-0.05, 0) is 66.1 Å². The first-order valence-electron chi connectivity index (χ1n) is 10.9. The van der Waals surface area contributed by atoms with Crippen molar-refractivity contribution in [2.75, 3.05) is 27.4 Å². The second-order valence-corrected chi connectivity index (χ2v) is 7.82. The molecule has 0 aromatic heterocycles. The molecule has 3 rings (SSSR count). The van der Waals surface area contributed by atoms with Gasteiger partial charge in [0.2, 0.25) is 0 Å². The summed E-state index contributed by atoms with van der Waals surface area (Å²) in [6.07, 6.45) is 2.60. The number of rotatable bonds is 11. The van der Waals surface area contributed by atoms with Gasteiger partial charge in [-0.15, -0.1) is 0 Å². The van der Waals surface area contributed by atoms with Crippen LogP contribution in [0.15, 0.2) is 30.3 Å². The Morgan fingerprint density at radius 2 is 1.52 bits per heavy atom. The Hall–Kier alpha value is -2.89. The van der Waals surface area contributed by atoms with Gasteiger partial charge < -0.3 is 24.1 Å². The number of hydrogen-bond acceptors (Lipinski definition) is 5. The van der Waals surface area contributed by atoms with Crippen LogP contribution in [0.4, 0.5) is 0 Å². The van der Waals surface area contributed by atoms with Gasteiger partial charge in [0, 0.05) is 5.92 Å². The van der Waals surface area contributed by atoms with Gasteiger partial charge in [-0.2, -0.15) is 0 Å². The van der Waals surface area contributed by atoms with Crippen molar-refractivity contribution in [1.82, 2.24) is 0 Å². The van der Waals surface area contributed by atoms with Gasteiger partial charge in [-0.3, -0.25) is 4.79 Å². The predicted molar refractivity (Wildman–Crippen MR) is 119 cm³/mol. The van der Waals surface area contributed by atoms with E-state index in [9.17, 15) is 9.90 Å². The standard InChI is InChI=1S/C25H32O6/c1-5-9-30-21-8-7-16(12-22(21)28-3)18-11-17(13-25(26)27)19-14-23(29-4)24(15-20(18)19)31-10-6-2/h7-8,12,14-15,17-18H,5-6,9-11,13H2,1-4H3,(H,26,27). The van der Waals surface area contributed by atoms with E-state index in [1.807, 2.05) is 30.3 Å². The van der Waals surface area contributed by atoms with Crippen LogP contribution < -0.4 is 18.9 Å². The van der Waals surface area contributed by atoms with E-state index in [4.69, 9.17) is 18.9 Å². The molecule has 0 radical (unpaired) electrons. The summed E-state index contributed by atoms with van der Waals surface area (Å²) in [4.78, 5) is 11.5. The van der Waals surface area contributed by atoms with Gasteiger partial charge in [0.25, 0.3) is 0 Å². The molecule has 168 valence electrons. The minimum absolute atomic E-state index is 0.0448. The molecule has 6 heteroatoms. The van der Waals surface area contributed by atoms with Crippen LogP contribution in [-0.4, -0.2) is 38.5 Å². The number of benzene rings is 2. The van der Waals surface area contributed by atoms with Gasteiger partial charge in [0.15, 0.2) is 23.0 Å². The van der Waals surface area contributed by atoms with E-state index in [0.717, 1.165) is 35.3 Å². The molecule has 0 heterocycles. The fraction of sp³-hybridized carbons (Fsp3) is 0.480. The van der Waals surface area contributed by atoms with Gasteiger partial charge in [-0.1, -0.05) is 19.9 Å². The molecular weight excluding hydrogens is 396 g/mol. The van der Waals surface area contributed by atoms with Crippen molar-refractivity contribution in [2.24, 2.45) is 0 Å². The maximum absolute atomic E-state index is 11.5. The highest BCUT2D eigenvalue weighted by atomic mass is 16.5. The third-order valence-corrected chi connectivity index (χ3v) is 5.64. The highest BCUT2D eigenvalue weighted by Crippen LogP contribution is 2.51. The maximum Gasteiger partial charge on any atom is 0.303 e. The van der Waals surface area contributed by atoms with Crippen molar-refractivity contribution in [3.63, 3.8) is 0 Å². The first-order chi connectivity index (χ1) is 15.0. The van der Waals surface area contributed by atoms with Crippen LogP contribution in [0.1, 0.15) is 68.1 Å². The average molecular weight is 429 g/mol. The molecule has 0 saturated heterocycles. The highest BCUT2D eigenvalue weighted by Gasteiger charge is 2.35. The van der Waals surface area contributed by atoms with Crippen molar-refractivity contribution >= 4 is 5.97 Å². The maximum atomic E-state index is 11.5. The van der Waals surface area contributed by atoms with E-state index in [2.05, 4.69) is 13.8 Å². The summed E-state index contributed by atoms with van der Waals surface area (Å²) < 4.78 is 22.8. The molecule has 0 fully saturated rings. The van der Waals surface area contributed by atoms with Crippen LogP contribution in [0.2, 0.25) is 0 Å². The number of hydrogen-bond donors (Lipinski definition) is 1. The molecule has 2 unspecified atom stereocenters. The highest BCUT2D eigenvalue weighted by molar-refractivity contribution is 5.69. The molecular formula is C25H32O6. The molecule has 31 heavy (non-hydrogen) atoms. The number of carbonyl (C=O) groups is 1. The summed E-state index contributed by atoms with van der Waals surface area (Å²) in [7, 11) is 3.24. The number of methoxy groups -OCH3 is 2. The minimum atomic E-state index is -0.803. The fourth-order valence-corrected chi connectivity index (χ4v) is 4.22. The van der Waals surface area contributed by atoms with Crippen LogP contribution in [0.5, 0.6) is 23.0 Å². The largest absolute Gasteiger partial charge is 0.493 e. The summed E-state index contributed by atoms with van der Waals surface area (Å²) in [5.74, 6) is 1.89. The Balaban J connectivity index is 2.03. The van der Waals surface area contributed by atoms with Gasteiger partial charge in [0.1, 0.15) is 0 Å². The van der Waals surface area contributed by atoms with E-state index in [1.54, 1.807) is 14.2 Å². The minimum Gasteiger partial charge on any atom is -0.493 e. The van der Waals surface area contributed by atoms with Crippen LogP contribution in [0.25, 0.3) is 0 Å². The summed E-state index contributed by atoms with van der Waals surface area (Å²) in [5, 5.41) is 9.46. The molecule has 1 N–H and O–H groups in total. The zero-order chi connectivity index (χ0) is 22.4. The molecule has 1 aliphatic rings. The molecule has 1 aliphatic carbocycles.